The third kappa shape index (κ3) is 4.10. The average Bonchev–Trinajstić information content (AvgIpc) is 3.14. The summed E-state index contributed by atoms with van der Waals surface area (Å²) in [4.78, 5) is 29.1. The number of rotatable bonds is 7. The number of nitriles is 1. The SMILES string of the molecule is Cc1occc1C(=O)[C@@H](C#N)C(=O)c1ccc(OCc2ccccc2)nc1. The van der Waals surface area contributed by atoms with E-state index in [-0.39, 0.29) is 11.1 Å². The summed E-state index contributed by atoms with van der Waals surface area (Å²) >= 11 is 0. The van der Waals surface area contributed by atoms with Crippen molar-refractivity contribution in [3.05, 3.63) is 83.4 Å². The maximum Gasteiger partial charge on any atom is 0.213 e. The number of hydrogen-bond donors (Lipinski definition) is 0. The maximum atomic E-state index is 12.6. The number of pyridine rings is 1. The Balaban J connectivity index is 1.70. The molecule has 2 aromatic heterocycles. The van der Waals surface area contributed by atoms with Crippen LogP contribution in [0.15, 0.2) is 65.4 Å². The molecule has 0 amide bonds. The van der Waals surface area contributed by atoms with Crippen LogP contribution in [0.2, 0.25) is 0 Å². The molecule has 0 unspecified atom stereocenters. The Morgan fingerprint density at radius 2 is 1.93 bits per heavy atom. The van der Waals surface area contributed by atoms with E-state index in [0.717, 1.165) is 5.56 Å². The van der Waals surface area contributed by atoms with E-state index in [2.05, 4.69) is 4.98 Å². The molecule has 1 atom stereocenters. The van der Waals surface area contributed by atoms with E-state index < -0.39 is 17.5 Å². The molecule has 0 N–H and O–H groups in total. The van der Waals surface area contributed by atoms with E-state index in [1.54, 1.807) is 13.0 Å². The normalized spacial score (nSPS) is 11.4. The molecule has 0 aliphatic heterocycles. The van der Waals surface area contributed by atoms with Gasteiger partial charge in [0.1, 0.15) is 12.4 Å². The number of carbonyl (C=O) groups excluding carboxylic acids is 2. The van der Waals surface area contributed by atoms with Gasteiger partial charge in [0.05, 0.1) is 17.9 Å². The van der Waals surface area contributed by atoms with Crippen LogP contribution in [0.5, 0.6) is 5.88 Å². The van der Waals surface area contributed by atoms with Gasteiger partial charge in [0.2, 0.25) is 5.88 Å². The summed E-state index contributed by atoms with van der Waals surface area (Å²) in [5.74, 6) is -1.92. The molecule has 6 nitrogen and oxygen atoms in total. The van der Waals surface area contributed by atoms with E-state index in [4.69, 9.17) is 9.15 Å². The zero-order valence-electron chi connectivity index (χ0n) is 14.6. The molecule has 27 heavy (non-hydrogen) atoms. The quantitative estimate of drug-likeness (QED) is 0.470. The molecule has 0 fully saturated rings. The molecule has 3 aromatic rings. The van der Waals surface area contributed by atoms with Crippen LogP contribution in [0, 0.1) is 24.2 Å². The maximum absolute atomic E-state index is 12.6. The summed E-state index contributed by atoms with van der Waals surface area (Å²) < 4.78 is 10.6. The van der Waals surface area contributed by atoms with Gasteiger partial charge in [-0.3, -0.25) is 9.59 Å². The predicted octanol–water partition coefficient (Wildman–Crippen LogP) is 3.77. The molecular weight excluding hydrogens is 344 g/mol. The number of furan rings is 1. The molecule has 0 saturated heterocycles. The third-order valence-electron chi connectivity index (χ3n) is 4.03. The van der Waals surface area contributed by atoms with E-state index in [9.17, 15) is 14.9 Å². The van der Waals surface area contributed by atoms with Gasteiger partial charge >= 0.3 is 0 Å². The number of Topliss-reactive ketones (excluding diaryl/α,β-unsaturated/α-hetero) is 2. The Morgan fingerprint density at radius 3 is 2.52 bits per heavy atom. The first-order chi connectivity index (χ1) is 13.1. The van der Waals surface area contributed by atoms with Crippen LogP contribution in [0.25, 0.3) is 0 Å². The summed E-state index contributed by atoms with van der Waals surface area (Å²) in [6.45, 7) is 1.95. The molecule has 0 aliphatic carbocycles. The Hall–Kier alpha value is -3.72. The van der Waals surface area contributed by atoms with Gasteiger partial charge in [-0.05, 0) is 24.6 Å². The number of carbonyl (C=O) groups is 2. The van der Waals surface area contributed by atoms with Gasteiger partial charge in [0.15, 0.2) is 17.5 Å². The summed E-state index contributed by atoms with van der Waals surface area (Å²) in [5, 5.41) is 9.32. The molecule has 0 saturated carbocycles. The Labute approximate surface area is 156 Å². The summed E-state index contributed by atoms with van der Waals surface area (Å²) in [6, 6.07) is 15.9. The van der Waals surface area contributed by atoms with Crippen molar-refractivity contribution in [1.29, 1.82) is 5.26 Å². The van der Waals surface area contributed by atoms with Crippen molar-refractivity contribution in [1.82, 2.24) is 4.98 Å². The topological polar surface area (TPSA) is 93.2 Å². The van der Waals surface area contributed by atoms with E-state index >= 15 is 0 Å². The second kappa shape index (κ2) is 8.11. The highest BCUT2D eigenvalue weighted by molar-refractivity contribution is 6.18. The molecule has 2 heterocycles. The van der Waals surface area contributed by atoms with Crippen molar-refractivity contribution in [3.63, 3.8) is 0 Å². The van der Waals surface area contributed by atoms with Crippen LogP contribution < -0.4 is 4.74 Å². The van der Waals surface area contributed by atoms with Crippen molar-refractivity contribution in [3.8, 4) is 11.9 Å². The standard InChI is InChI=1S/C21H16N2O4/c1-14-17(9-10-26-14)21(25)18(11-22)20(24)16-7-8-19(23-12-16)27-13-15-5-3-2-4-6-15/h2-10,12,18H,13H2,1H3/t18-/m0/s1. The summed E-state index contributed by atoms with van der Waals surface area (Å²) in [5.41, 5.74) is 1.39. The highest BCUT2D eigenvalue weighted by atomic mass is 16.5. The van der Waals surface area contributed by atoms with Crippen LogP contribution in [-0.2, 0) is 6.61 Å². The fourth-order valence-electron chi connectivity index (χ4n) is 2.54. The smallest absolute Gasteiger partial charge is 0.213 e. The monoisotopic (exact) mass is 360 g/mol. The summed E-state index contributed by atoms with van der Waals surface area (Å²) in [7, 11) is 0. The third-order valence-corrected chi connectivity index (χ3v) is 4.03. The molecule has 0 aliphatic rings. The lowest BCUT2D eigenvalue weighted by Crippen LogP contribution is -2.23. The van der Waals surface area contributed by atoms with E-state index in [0.29, 0.717) is 18.2 Å². The van der Waals surface area contributed by atoms with Gasteiger partial charge in [0, 0.05) is 17.8 Å². The van der Waals surface area contributed by atoms with Crippen molar-refractivity contribution < 1.29 is 18.7 Å². The fraction of sp³-hybridized carbons (Fsp3) is 0.143. The van der Waals surface area contributed by atoms with Crippen LogP contribution in [-0.4, -0.2) is 16.6 Å². The molecule has 3 rings (SSSR count). The Kier molecular flexibility index (Phi) is 5.43. The molecule has 0 bridgehead atoms. The largest absolute Gasteiger partial charge is 0.473 e. The second-order valence-corrected chi connectivity index (χ2v) is 5.84. The van der Waals surface area contributed by atoms with Crippen molar-refractivity contribution in [2.24, 2.45) is 5.92 Å². The number of benzene rings is 1. The Bertz CT molecular complexity index is 985. The molecular formula is C21H16N2O4. The number of ketones is 2. The average molecular weight is 360 g/mol. The van der Waals surface area contributed by atoms with Crippen molar-refractivity contribution >= 4 is 11.6 Å². The fourth-order valence-corrected chi connectivity index (χ4v) is 2.54. The lowest BCUT2D eigenvalue weighted by molar-refractivity contribution is 0.0845. The first kappa shape index (κ1) is 18.1. The first-order valence-corrected chi connectivity index (χ1v) is 8.25. The number of ether oxygens (including phenoxy) is 1. The lowest BCUT2D eigenvalue weighted by atomic mass is 9.92. The zero-order valence-corrected chi connectivity index (χ0v) is 14.6. The highest BCUT2D eigenvalue weighted by Gasteiger charge is 2.30. The van der Waals surface area contributed by atoms with Crippen LogP contribution in [0.3, 0.4) is 0 Å². The van der Waals surface area contributed by atoms with Crippen molar-refractivity contribution in [2.45, 2.75) is 13.5 Å². The van der Waals surface area contributed by atoms with E-state index in [1.165, 1.54) is 30.7 Å². The van der Waals surface area contributed by atoms with Gasteiger partial charge in [-0.1, -0.05) is 30.3 Å². The molecule has 1 aromatic carbocycles. The van der Waals surface area contributed by atoms with Crippen LogP contribution >= 0.6 is 0 Å². The minimum Gasteiger partial charge on any atom is -0.473 e. The van der Waals surface area contributed by atoms with Gasteiger partial charge in [-0.25, -0.2) is 4.98 Å². The molecule has 6 heteroatoms. The molecule has 0 spiro atoms. The molecule has 134 valence electrons. The Morgan fingerprint density at radius 1 is 1.15 bits per heavy atom. The minimum atomic E-state index is -1.45. The first-order valence-electron chi connectivity index (χ1n) is 8.25. The zero-order chi connectivity index (χ0) is 19.2. The number of nitrogens with zero attached hydrogens (tertiary/aromatic N) is 2. The highest BCUT2D eigenvalue weighted by Crippen LogP contribution is 2.19. The minimum absolute atomic E-state index is 0.170. The van der Waals surface area contributed by atoms with Crippen LogP contribution in [0.1, 0.15) is 32.0 Å². The van der Waals surface area contributed by atoms with Gasteiger partial charge in [-0.2, -0.15) is 5.26 Å². The number of aromatic nitrogens is 1. The number of hydrogen-bond acceptors (Lipinski definition) is 6. The summed E-state index contributed by atoms with van der Waals surface area (Å²) in [6.07, 6.45) is 2.66. The van der Waals surface area contributed by atoms with Gasteiger partial charge in [0.25, 0.3) is 0 Å². The number of aryl methyl sites for hydroxylation is 1. The second-order valence-electron chi connectivity index (χ2n) is 5.84. The van der Waals surface area contributed by atoms with E-state index in [1.807, 2.05) is 30.3 Å². The molecule has 0 radical (unpaired) electrons. The van der Waals surface area contributed by atoms with Gasteiger partial charge < -0.3 is 9.15 Å². The van der Waals surface area contributed by atoms with Gasteiger partial charge in [-0.15, -0.1) is 0 Å². The lowest BCUT2D eigenvalue weighted by Gasteiger charge is -2.08. The van der Waals surface area contributed by atoms with Crippen molar-refractivity contribution in [2.75, 3.05) is 0 Å². The van der Waals surface area contributed by atoms with Crippen LogP contribution in [0.4, 0.5) is 0 Å². The predicted molar refractivity (Wildman–Crippen MR) is 96.2 cm³/mol.